The number of allylic oxidation sites excluding steroid dienone is 1. The van der Waals surface area contributed by atoms with Gasteiger partial charge in [-0.25, -0.2) is 0 Å². The number of unbranched alkanes of at least 4 members (excludes halogenated alkanes) is 1. The number of Topliss-reactive ketones (excluding diaryl/α,β-unsaturated/α-hetero) is 2. The van der Waals surface area contributed by atoms with Crippen molar-refractivity contribution >= 4 is 11.6 Å². The van der Waals surface area contributed by atoms with Gasteiger partial charge in [-0.05, 0) is 17.5 Å². The van der Waals surface area contributed by atoms with Crippen LogP contribution in [0.1, 0.15) is 64.1 Å². The molecule has 1 unspecified atom stereocenters. The van der Waals surface area contributed by atoms with Gasteiger partial charge in [-0.15, -0.1) is 0 Å². The maximum absolute atomic E-state index is 13.3. The first kappa shape index (κ1) is 16.5. The molecular weight excluding hydrogens is 340 g/mol. The molecular formula is C23H20O4. The summed E-state index contributed by atoms with van der Waals surface area (Å²) >= 11 is 0. The Morgan fingerprint density at radius 3 is 2.48 bits per heavy atom. The van der Waals surface area contributed by atoms with Crippen molar-refractivity contribution in [1.82, 2.24) is 0 Å². The third-order valence-corrected chi connectivity index (χ3v) is 5.70. The van der Waals surface area contributed by atoms with E-state index in [9.17, 15) is 9.59 Å². The van der Waals surface area contributed by atoms with Gasteiger partial charge < -0.3 is 9.47 Å². The van der Waals surface area contributed by atoms with Gasteiger partial charge in [-0.2, -0.15) is 0 Å². The van der Waals surface area contributed by atoms with Gasteiger partial charge in [0.1, 0.15) is 6.10 Å². The van der Waals surface area contributed by atoms with Crippen LogP contribution in [0.5, 0.6) is 0 Å². The fraction of sp³-hybridized carbons (Fsp3) is 0.304. The van der Waals surface area contributed by atoms with Crippen LogP contribution in [0, 0.1) is 0 Å². The summed E-state index contributed by atoms with van der Waals surface area (Å²) in [6, 6.07) is 14.9. The first-order valence-corrected chi connectivity index (χ1v) is 9.51. The monoisotopic (exact) mass is 360 g/mol. The molecule has 0 aromatic heterocycles. The lowest BCUT2D eigenvalue weighted by molar-refractivity contribution is -0.258. The number of ketones is 2. The predicted octanol–water partition coefficient (Wildman–Crippen LogP) is 4.55. The van der Waals surface area contributed by atoms with E-state index in [0.717, 1.165) is 24.0 Å². The highest BCUT2D eigenvalue weighted by atomic mass is 16.7. The molecule has 2 aromatic rings. The number of hydrogen-bond acceptors (Lipinski definition) is 4. The van der Waals surface area contributed by atoms with Crippen LogP contribution in [0.15, 0.2) is 59.9 Å². The molecule has 0 radical (unpaired) electrons. The SMILES string of the molecule is CCCC[C@]12Cc3ccccc3C(O1)C1=C(O2)C(=O)c2ccccc2C1=O. The quantitative estimate of drug-likeness (QED) is 0.806. The Bertz CT molecular complexity index is 1000. The Morgan fingerprint density at radius 2 is 1.70 bits per heavy atom. The fourth-order valence-corrected chi connectivity index (χ4v) is 4.38. The van der Waals surface area contributed by atoms with Gasteiger partial charge in [0.25, 0.3) is 0 Å². The van der Waals surface area contributed by atoms with Crippen LogP contribution in [0.2, 0.25) is 0 Å². The minimum absolute atomic E-state index is 0.175. The molecule has 2 aliphatic heterocycles. The molecule has 0 amide bonds. The van der Waals surface area contributed by atoms with E-state index >= 15 is 0 Å². The minimum Gasteiger partial charge on any atom is -0.457 e. The largest absolute Gasteiger partial charge is 0.457 e. The van der Waals surface area contributed by atoms with Crippen molar-refractivity contribution in [3.8, 4) is 0 Å². The topological polar surface area (TPSA) is 52.6 Å². The molecule has 0 saturated carbocycles. The summed E-state index contributed by atoms with van der Waals surface area (Å²) in [5, 5.41) is 0. The minimum atomic E-state index is -0.879. The predicted molar refractivity (Wildman–Crippen MR) is 99.4 cm³/mol. The lowest BCUT2D eigenvalue weighted by Gasteiger charge is -2.47. The number of carbonyl (C=O) groups excluding carboxylic acids is 2. The molecule has 1 aliphatic carbocycles. The average molecular weight is 360 g/mol. The molecule has 2 heterocycles. The fourth-order valence-electron chi connectivity index (χ4n) is 4.38. The summed E-state index contributed by atoms with van der Waals surface area (Å²) in [5.74, 6) is -1.09. The van der Waals surface area contributed by atoms with Gasteiger partial charge in [0.15, 0.2) is 11.5 Å². The lowest BCUT2D eigenvalue weighted by atomic mass is 9.78. The normalized spacial score (nSPS) is 25.4. The van der Waals surface area contributed by atoms with Crippen LogP contribution in [-0.2, 0) is 15.9 Å². The molecule has 0 saturated heterocycles. The average Bonchev–Trinajstić information content (AvgIpc) is 2.70. The highest BCUT2D eigenvalue weighted by molar-refractivity contribution is 6.26. The summed E-state index contributed by atoms with van der Waals surface area (Å²) in [6.45, 7) is 2.12. The Hall–Kier alpha value is -2.72. The Labute approximate surface area is 157 Å². The number of benzene rings is 2. The smallest absolute Gasteiger partial charge is 0.228 e. The maximum atomic E-state index is 13.3. The van der Waals surface area contributed by atoms with E-state index in [-0.39, 0.29) is 17.3 Å². The molecule has 5 rings (SSSR count). The van der Waals surface area contributed by atoms with Crippen molar-refractivity contribution in [2.75, 3.05) is 0 Å². The van der Waals surface area contributed by atoms with Crippen molar-refractivity contribution in [3.05, 3.63) is 82.1 Å². The summed E-state index contributed by atoms with van der Waals surface area (Å²) in [7, 11) is 0. The van der Waals surface area contributed by atoms with Crippen LogP contribution in [0.4, 0.5) is 0 Å². The second-order valence-electron chi connectivity index (χ2n) is 7.44. The molecule has 2 bridgehead atoms. The van der Waals surface area contributed by atoms with E-state index in [4.69, 9.17) is 9.47 Å². The van der Waals surface area contributed by atoms with Gasteiger partial charge in [-0.3, -0.25) is 9.59 Å². The number of hydrogen-bond donors (Lipinski definition) is 0. The van der Waals surface area contributed by atoms with Crippen molar-refractivity contribution in [2.24, 2.45) is 0 Å². The van der Waals surface area contributed by atoms with Crippen LogP contribution < -0.4 is 0 Å². The third-order valence-electron chi connectivity index (χ3n) is 5.70. The van der Waals surface area contributed by atoms with Gasteiger partial charge in [0.05, 0.1) is 5.57 Å². The zero-order valence-electron chi connectivity index (χ0n) is 15.2. The van der Waals surface area contributed by atoms with Gasteiger partial charge in [-0.1, -0.05) is 61.9 Å². The van der Waals surface area contributed by atoms with Crippen molar-refractivity contribution < 1.29 is 19.1 Å². The number of rotatable bonds is 3. The molecule has 0 spiro atoms. The van der Waals surface area contributed by atoms with Gasteiger partial charge >= 0.3 is 0 Å². The highest BCUT2D eigenvalue weighted by Gasteiger charge is 2.52. The van der Waals surface area contributed by atoms with Crippen LogP contribution in [0.25, 0.3) is 0 Å². The van der Waals surface area contributed by atoms with E-state index in [1.807, 2.05) is 18.2 Å². The zero-order valence-corrected chi connectivity index (χ0v) is 15.2. The molecule has 0 fully saturated rings. The Balaban J connectivity index is 1.71. The molecule has 4 heteroatoms. The number of fused-ring (bicyclic) bond motifs is 6. The number of carbonyl (C=O) groups is 2. The van der Waals surface area contributed by atoms with Crippen LogP contribution in [0.3, 0.4) is 0 Å². The molecule has 4 nitrogen and oxygen atoms in total. The second kappa shape index (κ2) is 5.89. The summed E-state index contributed by atoms with van der Waals surface area (Å²) in [6.07, 6.45) is 2.65. The molecule has 3 aliphatic rings. The number of ether oxygens (including phenoxy) is 2. The van der Waals surface area contributed by atoms with Crippen LogP contribution in [-0.4, -0.2) is 17.4 Å². The van der Waals surface area contributed by atoms with Crippen molar-refractivity contribution in [2.45, 2.75) is 44.5 Å². The first-order chi connectivity index (χ1) is 13.1. The zero-order chi connectivity index (χ0) is 18.6. The second-order valence-corrected chi connectivity index (χ2v) is 7.44. The lowest BCUT2D eigenvalue weighted by Crippen LogP contribution is -2.49. The van der Waals surface area contributed by atoms with E-state index in [2.05, 4.69) is 13.0 Å². The summed E-state index contributed by atoms with van der Waals surface area (Å²) in [5.41, 5.74) is 3.27. The maximum Gasteiger partial charge on any atom is 0.228 e. The van der Waals surface area contributed by atoms with E-state index in [0.29, 0.717) is 29.5 Å². The summed E-state index contributed by atoms with van der Waals surface area (Å²) in [4.78, 5) is 26.4. The van der Waals surface area contributed by atoms with Gasteiger partial charge in [0.2, 0.25) is 11.6 Å². The van der Waals surface area contributed by atoms with Crippen molar-refractivity contribution in [1.29, 1.82) is 0 Å². The Morgan fingerprint density at radius 1 is 1.00 bits per heavy atom. The molecule has 27 heavy (non-hydrogen) atoms. The summed E-state index contributed by atoms with van der Waals surface area (Å²) < 4.78 is 12.6. The van der Waals surface area contributed by atoms with Gasteiger partial charge in [0, 0.05) is 24.0 Å². The standard InChI is InChI=1S/C23H20O4/c1-2-3-12-23-13-14-8-4-5-9-15(14)21(26-23)18-19(24)16-10-6-7-11-17(16)20(25)22(18)27-23/h4-11,21H,2-3,12-13H2,1H3/t21?,23-/m0/s1. The molecule has 2 aromatic carbocycles. The molecule has 2 atom stereocenters. The van der Waals surface area contributed by atoms with E-state index in [1.165, 1.54) is 0 Å². The third kappa shape index (κ3) is 2.33. The molecule has 136 valence electrons. The molecule has 0 N–H and O–H groups in total. The van der Waals surface area contributed by atoms with Crippen molar-refractivity contribution in [3.63, 3.8) is 0 Å². The van der Waals surface area contributed by atoms with Crippen LogP contribution >= 0.6 is 0 Å². The Kier molecular flexibility index (Phi) is 3.59. The first-order valence-electron chi connectivity index (χ1n) is 9.51. The van der Waals surface area contributed by atoms with E-state index in [1.54, 1.807) is 24.3 Å². The van der Waals surface area contributed by atoms with E-state index < -0.39 is 11.9 Å². The highest BCUT2D eigenvalue weighted by Crippen LogP contribution is 2.51.